The van der Waals surface area contributed by atoms with E-state index in [1.54, 1.807) is 18.2 Å². The Balaban J connectivity index is 1.87. The number of hydrogen-bond donors (Lipinski definition) is 1. The highest BCUT2D eigenvalue weighted by molar-refractivity contribution is 9.10. The van der Waals surface area contributed by atoms with Crippen LogP contribution in [-0.4, -0.2) is 25.6 Å². The van der Waals surface area contributed by atoms with Crippen LogP contribution in [0.1, 0.15) is 28.9 Å². The van der Waals surface area contributed by atoms with E-state index < -0.39 is 5.97 Å². The van der Waals surface area contributed by atoms with Crippen LogP contribution in [0.3, 0.4) is 0 Å². The van der Waals surface area contributed by atoms with Gasteiger partial charge in [0.05, 0.1) is 23.2 Å². The molecule has 24 heavy (non-hydrogen) atoms. The highest BCUT2D eigenvalue weighted by Gasteiger charge is 2.14. The molecule has 0 unspecified atom stereocenters. The molecule has 0 aliphatic carbocycles. The van der Waals surface area contributed by atoms with Gasteiger partial charge in [-0.05, 0) is 46.6 Å². The van der Waals surface area contributed by atoms with Crippen LogP contribution in [-0.2, 0) is 9.53 Å². The Hall–Kier alpha value is -2.34. The molecule has 2 rings (SSSR count). The second kappa shape index (κ2) is 8.49. The second-order valence-electron chi connectivity index (χ2n) is 5.13. The summed E-state index contributed by atoms with van der Waals surface area (Å²) in [6.07, 6.45) is 0. The molecule has 0 aliphatic rings. The Morgan fingerprint density at radius 3 is 2.50 bits per heavy atom. The molecule has 0 bridgehead atoms. The Morgan fingerprint density at radius 2 is 1.88 bits per heavy atom. The van der Waals surface area contributed by atoms with Gasteiger partial charge in [-0.3, -0.25) is 4.79 Å². The van der Waals surface area contributed by atoms with Gasteiger partial charge in [0, 0.05) is 0 Å². The summed E-state index contributed by atoms with van der Waals surface area (Å²) in [5.74, 6) is -0.311. The van der Waals surface area contributed by atoms with Gasteiger partial charge < -0.3 is 14.8 Å². The number of rotatable bonds is 6. The van der Waals surface area contributed by atoms with Crippen molar-refractivity contribution in [1.82, 2.24) is 5.32 Å². The van der Waals surface area contributed by atoms with E-state index >= 15 is 0 Å². The molecule has 0 saturated heterocycles. The van der Waals surface area contributed by atoms with Crippen molar-refractivity contribution in [3.63, 3.8) is 0 Å². The van der Waals surface area contributed by atoms with E-state index in [0.29, 0.717) is 15.8 Å². The molecule has 0 heterocycles. The first-order valence-corrected chi connectivity index (χ1v) is 8.15. The minimum atomic E-state index is -0.569. The highest BCUT2D eigenvalue weighted by Crippen LogP contribution is 2.25. The number of benzene rings is 2. The smallest absolute Gasteiger partial charge is 0.338 e. The van der Waals surface area contributed by atoms with Gasteiger partial charge in [0.25, 0.3) is 5.91 Å². The van der Waals surface area contributed by atoms with Gasteiger partial charge >= 0.3 is 5.97 Å². The van der Waals surface area contributed by atoms with Gasteiger partial charge in [-0.15, -0.1) is 0 Å². The highest BCUT2D eigenvalue weighted by atomic mass is 79.9. The lowest BCUT2D eigenvalue weighted by molar-refractivity contribution is -0.124. The molecule has 1 N–H and O–H groups in total. The minimum Gasteiger partial charge on any atom is -0.496 e. The zero-order chi connectivity index (χ0) is 17.5. The summed E-state index contributed by atoms with van der Waals surface area (Å²) in [4.78, 5) is 23.9. The normalized spacial score (nSPS) is 11.5. The Morgan fingerprint density at radius 1 is 1.17 bits per heavy atom. The van der Waals surface area contributed by atoms with Crippen LogP contribution >= 0.6 is 15.9 Å². The molecule has 1 atom stereocenters. The fourth-order valence-corrected chi connectivity index (χ4v) is 2.66. The van der Waals surface area contributed by atoms with Gasteiger partial charge in [0.15, 0.2) is 6.61 Å². The van der Waals surface area contributed by atoms with Gasteiger partial charge in [-0.1, -0.05) is 30.3 Å². The van der Waals surface area contributed by atoms with Gasteiger partial charge in [-0.2, -0.15) is 0 Å². The molecule has 0 fully saturated rings. The number of esters is 1. The molecule has 2 aromatic carbocycles. The van der Waals surface area contributed by atoms with E-state index in [4.69, 9.17) is 9.47 Å². The third-order valence-corrected chi connectivity index (χ3v) is 4.02. The fraction of sp³-hybridized carbons (Fsp3) is 0.222. The molecule has 5 nitrogen and oxygen atoms in total. The van der Waals surface area contributed by atoms with Crippen LogP contribution in [0.15, 0.2) is 53.0 Å². The average Bonchev–Trinajstić information content (AvgIpc) is 2.60. The molecular formula is C18H18BrNO4. The molecule has 0 aliphatic heterocycles. The van der Waals surface area contributed by atoms with Crippen LogP contribution in [0.2, 0.25) is 0 Å². The molecule has 2 aromatic rings. The van der Waals surface area contributed by atoms with Crippen molar-refractivity contribution in [2.45, 2.75) is 13.0 Å². The molecule has 0 aromatic heterocycles. The van der Waals surface area contributed by atoms with Crippen LogP contribution in [0, 0.1) is 0 Å². The topological polar surface area (TPSA) is 64.6 Å². The number of hydrogen-bond acceptors (Lipinski definition) is 4. The Bertz CT molecular complexity index is 718. The maximum absolute atomic E-state index is 12.0. The van der Waals surface area contributed by atoms with Crippen molar-refractivity contribution in [2.75, 3.05) is 13.7 Å². The van der Waals surface area contributed by atoms with Crippen molar-refractivity contribution in [3.05, 3.63) is 64.1 Å². The van der Waals surface area contributed by atoms with E-state index in [1.165, 1.54) is 7.11 Å². The zero-order valence-electron chi connectivity index (χ0n) is 13.4. The van der Waals surface area contributed by atoms with E-state index in [1.807, 2.05) is 37.3 Å². The predicted octanol–water partition coefficient (Wildman–Crippen LogP) is 3.49. The van der Waals surface area contributed by atoms with Crippen LogP contribution in [0.5, 0.6) is 5.75 Å². The van der Waals surface area contributed by atoms with Gasteiger partial charge in [0.2, 0.25) is 0 Å². The SMILES string of the molecule is COc1ccc(C(=O)OCC(=O)N[C@@H](C)c2ccccc2)cc1Br. The van der Waals surface area contributed by atoms with Crippen molar-refractivity contribution in [2.24, 2.45) is 0 Å². The number of nitrogens with one attached hydrogen (secondary N) is 1. The lowest BCUT2D eigenvalue weighted by Crippen LogP contribution is -2.31. The summed E-state index contributed by atoms with van der Waals surface area (Å²) < 4.78 is 10.8. The summed E-state index contributed by atoms with van der Waals surface area (Å²) in [5, 5.41) is 2.79. The number of methoxy groups -OCH3 is 1. The summed E-state index contributed by atoms with van der Waals surface area (Å²) in [5.41, 5.74) is 1.32. The summed E-state index contributed by atoms with van der Waals surface area (Å²) >= 11 is 3.30. The summed E-state index contributed by atoms with van der Waals surface area (Å²) in [7, 11) is 1.54. The monoisotopic (exact) mass is 391 g/mol. The van der Waals surface area contributed by atoms with E-state index in [2.05, 4.69) is 21.2 Å². The number of carbonyl (C=O) groups excluding carboxylic acids is 2. The maximum Gasteiger partial charge on any atom is 0.338 e. The Kier molecular flexibility index (Phi) is 6.37. The molecule has 1 amide bonds. The first kappa shape index (κ1) is 18.0. The van der Waals surface area contributed by atoms with Crippen molar-refractivity contribution >= 4 is 27.8 Å². The third-order valence-electron chi connectivity index (χ3n) is 3.40. The lowest BCUT2D eigenvalue weighted by Gasteiger charge is -2.14. The second-order valence-corrected chi connectivity index (χ2v) is 5.98. The zero-order valence-corrected chi connectivity index (χ0v) is 15.0. The largest absolute Gasteiger partial charge is 0.496 e. The van der Waals surface area contributed by atoms with Crippen molar-refractivity contribution in [3.8, 4) is 5.75 Å². The van der Waals surface area contributed by atoms with Crippen molar-refractivity contribution < 1.29 is 19.1 Å². The molecule has 6 heteroatoms. The van der Waals surface area contributed by atoms with E-state index in [-0.39, 0.29) is 18.6 Å². The molecule has 0 radical (unpaired) electrons. The van der Waals surface area contributed by atoms with E-state index in [9.17, 15) is 9.59 Å². The first-order valence-electron chi connectivity index (χ1n) is 7.36. The van der Waals surface area contributed by atoms with Gasteiger partial charge in [0.1, 0.15) is 5.75 Å². The molecular weight excluding hydrogens is 374 g/mol. The number of amides is 1. The number of ether oxygens (including phenoxy) is 2. The molecule has 0 saturated carbocycles. The Labute approximate surface area is 149 Å². The standard InChI is InChI=1S/C18H18BrNO4/c1-12(13-6-4-3-5-7-13)20-17(21)11-24-18(22)14-8-9-16(23-2)15(19)10-14/h3-10,12H,11H2,1-2H3,(H,20,21)/t12-/m0/s1. The summed E-state index contributed by atoms with van der Waals surface area (Å²) in [6, 6.07) is 14.2. The number of carbonyl (C=O) groups is 2. The average molecular weight is 392 g/mol. The summed E-state index contributed by atoms with van der Waals surface area (Å²) in [6.45, 7) is 1.54. The van der Waals surface area contributed by atoms with Crippen molar-refractivity contribution in [1.29, 1.82) is 0 Å². The van der Waals surface area contributed by atoms with E-state index in [0.717, 1.165) is 5.56 Å². The van der Waals surface area contributed by atoms with Crippen LogP contribution < -0.4 is 10.1 Å². The fourth-order valence-electron chi connectivity index (χ4n) is 2.12. The quantitative estimate of drug-likeness (QED) is 0.765. The first-order chi connectivity index (χ1) is 11.5. The number of halogens is 1. The minimum absolute atomic E-state index is 0.160. The maximum atomic E-state index is 12.0. The van der Waals surface area contributed by atoms with Crippen LogP contribution in [0.4, 0.5) is 0 Å². The lowest BCUT2D eigenvalue weighted by atomic mass is 10.1. The van der Waals surface area contributed by atoms with Gasteiger partial charge in [-0.25, -0.2) is 4.79 Å². The molecule has 126 valence electrons. The third kappa shape index (κ3) is 4.83. The molecule has 0 spiro atoms. The van der Waals surface area contributed by atoms with Crippen LogP contribution in [0.25, 0.3) is 0 Å². The predicted molar refractivity (Wildman–Crippen MR) is 94.0 cm³/mol.